The molecule has 0 unspecified atom stereocenters. The lowest BCUT2D eigenvalue weighted by atomic mass is 9.93. The van der Waals surface area contributed by atoms with Crippen molar-refractivity contribution >= 4 is 34.1 Å². The number of aromatic nitrogens is 3. The van der Waals surface area contributed by atoms with Crippen molar-refractivity contribution in [3.8, 4) is 0 Å². The Hall–Kier alpha value is -3.07. The number of aryl methyl sites for hydroxylation is 2. The van der Waals surface area contributed by atoms with Crippen molar-refractivity contribution in [1.82, 2.24) is 15.1 Å². The van der Waals surface area contributed by atoms with E-state index < -0.39 is 0 Å². The molecule has 0 radical (unpaired) electrons. The van der Waals surface area contributed by atoms with E-state index >= 15 is 0 Å². The molecule has 0 spiro atoms. The molecule has 9 heteroatoms. The van der Waals surface area contributed by atoms with Gasteiger partial charge < -0.3 is 15.2 Å². The molecule has 0 bridgehead atoms. The van der Waals surface area contributed by atoms with Gasteiger partial charge in [-0.1, -0.05) is 25.9 Å². The second-order valence-corrected chi connectivity index (χ2v) is 9.13. The maximum atomic E-state index is 12.3. The number of rotatable bonds is 7. The van der Waals surface area contributed by atoms with Crippen molar-refractivity contribution in [3.05, 3.63) is 52.5 Å². The third-order valence-corrected chi connectivity index (χ3v) is 5.20. The van der Waals surface area contributed by atoms with Crippen LogP contribution >= 0.6 is 11.3 Å². The number of anilines is 2. The molecule has 3 rings (SSSR count). The Kier molecular flexibility index (Phi) is 6.61. The second kappa shape index (κ2) is 9.17. The summed E-state index contributed by atoms with van der Waals surface area (Å²) < 4.78 is 5.32. The van der Waals surface area contributed by atoms with E-state index in [9.17, 15) is 9.59 Å². The minimum atomic E-state index is -0.182. The van der Waals surface area contributed by atoms with Crippen LogP contribution in [-0.2, 0) is 34.3 Å². The van der Waals surface area contributed by atoms with Gasteiger partial charge in [-0.25, -0.2) is 9.97 Å². The molecular formula is C21H25N5O3S. The number of nitrogens with zero attached hydrogens (tertiary/aromatic N) is 3. The molecule has 0 aliphatic heterocycles. The molecule has 0 aromatic carbocycles. The van der Waals surface area contributed by atoms with Crippen molar-refractivity contribution in [3.63, 3.8) is 0 Å². The van der Waals surface area contributed by atoms with Crippen molar-refractivity contribution < 1.29 is 14.1 Å². The monoisotopic (exact) mass is 427 g/mol. The average Bonchev–Trinajstić information content (AvgIpc) is 3.29. The lowest BCUT2D eigenvalue weighted by molar-refractivity contribution is -0.116. The Morgan fingerprint density at radius 1 is 1.13 bits per heavy atom. The summed E-state index contributed by atoms with van der Waals surface area (Å²) in [5.41, 5.74) is 1.51. The normalized spacial score (nSPS) is 11.3. The summed E-state index contributed by atoms with van der Waals surface area (Å²) >= 11 is 1.44. The van der Waals surface area contributed by atoms with Gasteiger partial charge in [0.1, 0.15) is 11.6 Å². The van der Waals surface area contributed by atoms with E-state index in [0.717, 1.165) is 29.0 Å². The summed E-state index contributed by atoms with van der Waals surface area (Å²) in [6, 6.07) is 5.59. The van der Waals surface area contributed by atoms with Gasteiger partial charge in [0.05, 0.1) is 12.1 Å². The number of thiazole rings is 1. The maximum Gasteiger partial charge on any atom is 0.232 e. The predicted octanol–water partition coefficient (Wildman–Crippen LogP) is 3.75. The number of carbonyl (C=O) groups excluding carboxylic acids is 2. The molecule has 3 aromatic heterocycles. The summed E-state index contributed by atoms with van der Waals surface area (Å²) in [7, 11) is 0. The van der Waals surface area contributed by atoms with Gasteiger partial charge in [-0.2, -0.15) is 0 Å². The number of pyridine rings is 1. The number of carbonyl (C=O) groups is 2. The van der Waals surface area contributed by atoms with E-state index in [2.05, 4.69) is 25.8 Å². The molecule has 0 atom stereocenters. The van der Waals surface area contributed by atoms with Gasteiger partial charge in [0, 0.05) is 35.7 Å². The van der Waals surface area contributed by atoms with Crippen LogP contribution in [0.5, 0.6) is 0 Å². The van der Waals surface area contributed by atoms with E-state index in [1.807, 2.05) is 39.0 Å². The van der Waals surface area contributed by atoms with Crippen LogP contribution in [0, 0.1) is 0 Å². The van der Waals surface area contributed by atoms with Crippen molar-refractivity contribution in [2.24, 2.45) is 0 Å². The minimum Gasteiger partial charge on any atom is -0.361 e. The van der Waals surface area contributed by atoms with Gasteiger partial charge >= 0.3 is 0 Å². The summed E-state index contributed by atoms with van der Waals surface area (Å²) in [6.07, 6.45) is 5.13. The first-order valence-electron chi connectivity index (χ1n) is 9.62. The lowest BCUT2D eigenvalue weighted by Crippen LogP contribution is -2.14. The molecular weight excluding hydrogens is 402 g/mol. The maximum absolute atomic E-state index is 12.3. The van der Waals surface area contributed by atoms with Crippen LogP contribution in [0.3, 0.4) is 0 Å². The summed E-state index contributed by atoms with van der Waals surface area (Å²) in [5.74, 6) is 0.959. The first-order chi connectivity index (χ1) is 14.2. The van der Waals surface area contributed by atoms with Crippen LogP contribution in [0.2, 0.25) is 0 Å². The molecule has 2 N–H and O–H groups in total. The van der Waals surface area contributed by atoms with Crippen LogP contribution in [0.15, 0.2) is 35.1 Å². The van der Waals surface area contributed by atoms with Crippen LogP contribution in [0.1, 0.15) is 49.6 Å². The highest BCUT2D eigenvalue weighted by Crippen LogP contribution is 2.23. The zero-order valence-electron chi connectivity index (χ0n) is 17.5. The van der Waals surface area contributed by atoms with E-state index in [-0.39, 0.29) is 23.7 Å². The van der Waals surface area contributed by atoms with Crippen LogP contribution < -0.4 is 10.6 Å². The average molecular weight is 428 g/mol. The van der Waals surface area contributed by atoms with Gasteiger partial charge in [-0.15, -0.1) is 11.3 Å². The van der Waals surface area contributed by atoms with Crippen LogP contribution in [0.25, 0.3) is 0 Å². The molecule has 3 aromatic rings. The number of amides is 2. The molecule has 2 amide bonds. The number of hydrogen-bond acceptors (Lipinski definition) is 7. The fourth-order valence-corrected chi connectivity index (χ4v) is 3.53. The molecule has 0 saturated heterocycles. The SMILES string of the molecule is CC(=O)Nc1cc(CCc2cnc(NC(=O)Cc3cc(C(C)(C)C)on3)s2)ccn1. The van der Waals surface area contributed by atoms with Crippen molar-refractivity contribution in [1.29, 1.82) is 0 Å². The van der Waals surface area contributed by atoms with E-state index in [0.29, 0.717) is 16.6 Å². The number of nitrogens with one attached hydrogen (secondary N) is 2. The topological polar surface area (TPSA) is 110 Å². The molecule has 3 heterocycles. The highest BCUT2D eigenvalue weighted by atomic mass is 32.1. The molecule has 0 fully saturated rings. The Morgan fingerprint density at radius 3 is 2.63 bits per heavy atom. The lowest BCUT2D eigenvalue weighted by Gasteiger charge is -2.12. The Morgan fingerprint density at radius 2 is 1.93 bits per heavy atom. The fourth-order valence-electron chi connectivity index (χ4n) is 2.70. The second-order valence-electron chi connectivity index (χ2n) is 8.02. The summed E-state index contributed by atoms with van der Waals surface area (Å²) in [6.45, 7) is 7.54. The Labute approximate surface area is 179 Å². The molecule has 0 aliphatic rings. The Bertz CT molecular complexity index is 1040. The quantitative estimate of drug-likeness (QED) is 0.594. The minimum absolute atomic E-state index is 0.136. The molecule has 30 heavy (non-hydrogen) atoms. The predicted molar refractivity (Wildman–Crippen MR) is 116 cm³/mol. The summed E-state index contributed by atoms with van der Waals surface area (Å²) in [5, 5.41) is 10.0. The molecule has 0 aliphatic carbocycles. The van der Waals surface area contributed by atoms with Gasteiger partial charge in [0.2, 0.25) is 11.8 Å². The van der Waals surface area contributed by atoms with Gasteiger partial charge in [-0.05, 0) is 30.5 Å². The zero-order valence-corrected chi connectivity index (χ0v) is 18.3. The largest absolute Gasteiger partial charge is 0.361 e. The fraction of sp³-hybridized carbons (Fsp3) is 0.381. The third kappa shape index (κ3) is 6.21. The van der Waals surface area contributed by atoms with Crippen LogP contribution in [0.4, 0.5) is 10.9 Å². The van der Waals surface area contributed by atoms with Crippen LogP contribution in [-0.4, -0.2) is 26.9 Å². The zero-order chi connectivity index (χ0) is 21.7. The van der Waals surface area contributed by atoms with Crippen molar-refractivity contribution in [2.75, 3.05) is 10.6 Å². The highest BCUT2D eigenvalue weighted by molar-refractivity contribution is 7.15. The smallest absolute Gasteiger partial charge is 0.232 e. The first-order valence-corrected chi connectivity index (χ1v) is 10.4. The van der Waals surface area contributed by atoms with Gasteiger partial charge in [-0.3, -0.25) is 9.59 Å². The van der Waals surface area contributed by atoms with Crippen molar-refractivity contribution in [2.45, 2.75) is 52.4 Å². The van der Waals surface area contributed by atoms with Gasteiger partial charge in [0.15, 0.2) is 5.13 Å². The summed E-state index contributed by atoms with van der Waals surface area (Å²) in [4.78, 5) is 32.9. The standard InChI is InChI=1S/C21H25N5O3S/c1-13(27)24-18-9-14(7-8-22-18)5-6-16-12-23-20(30-16)25-19(28)11-15-10-17(29-26-15)21(2,3)4/h7-10,12H,5-6,11H2,1-4H3,(H,22,24,27)(H,23,25,28). The highest BCUT2D eigenvalue weighted by Gasteiger charge is 2.20. The van der Waals surface area contributed by atoms with E-state index in [4.69, 9.17) is 4.52 Å². The van der Waals surface area contributed by atoms with E-state index in [1.54, 1.807) is 12.4 Å². The third-order valence-electron chi connectivity index (χ3n) is 4.23. The van der Waals surface area contributed by atoms with Gasteiger partial charge in [0.25, 0.3) is 0 Å². The first kappa shape index (κ1) is 21.6. The Balaban J connectivity index is 1.52. The number of hydrogen-bond donors (Lipinski definition) is 2. The van der Waals surface area contributed by atoms with E-state index in [1.165, 1.54) is 18.3 Å². The molecule has 8 nitrogen and oxygen atoms in total. The molecule has 0 saturated carbocycles. The molecule has 158 valence electrons.